The van der Waals surface area contributed by atoms with Crippen LogP contribution in [0.3, 0.4) is 0 Å². The van der Waals surface area contributed by atoms with Crippen molar-refractivity contribution >= 4 is 33.1 Å². The van der Waals surface area contributed by atoms with E-state index < -0.39 is 16.0 Å². The predicted octanol–water partition coefficient (Wildman–Crippen LogP) is 5.07. The van der Waals surface area contributed by atoms with Gasteiger partial charge in [0.2, 0.25) is 10.0 Å². The van der Waals surface area contributed by atoms with E-state index in [4.69, 9.17) is 5.11 Å². The third-order valence-corrected chi connectivity index (χ3v) is 8.10. The molecule has 0 radical (unpaired) electrons. The molecule has 0 bridgehead atoms. The molecule has 2 aromatic carbocycles. The maximum absolute atomic E-state index is 13.5. The molecule has 9 heteroatoms. The number of rotatable bonds is 10. The molecule has 0 aliphatic rings. The van der Waals surface area contributed by atoms with E-state index >= 15 is 0 Å². The van der Waals surface area contributed by atoms with E-state index in [1.54, 1.807) is 41.9 Å². The summed E-state index contributed by atoms with van der Waals surface area (Å²) in [7, 11) is -3.79. The maximum atomic E-state index is 13.5. The molecule has 188 valence electrons. The Morgan fingerprint density at radius 3 is 2.51 bits per heavy atom. The van der Waals surface area contributed by atoms with Crippen molar-refractivity contribution in [3.63, 3.8) is 0 Å². The molecular weight excluding hydrogens is 506 g/mol. The second-order valence-electron chi connectivity index (χ2n) is 8.15. The van der Waals surface area contributed by atoms with Crippen LogP contribution in [-0.2, 0) is 27.9 Å². The molecule has 7 nitrogen and oxygen atoms in total. The maximum Gasteiger partial charge on any atom is 0.322 e. The first-order valence-corrected chi connectivity index (χ1v) is 13.8. The van der Waals surface area contributed by atoms with Gasteiger partial charge in [-0.2, -0.15) is 15.6 Å². The molecule has 0 atom stereocenters. The summed E-state index contributed by atoms with van der Waals surface area (Å²) in [6.45, 7) is 1.69. The van der Waals surface area contributed by atoms with E-state index in [1.165, 1.54) is 15.6 Å². The van der Waals surface area contributed by atoms with Gasteiger partial charge in [0.25, 0.3) is 0 Å². The molecule has 0 spiro atoms. The Bertz CT molecular complexity index is 1540. The molecular formula is C28H25N3O4S2. The minimum Gasteiger partial charge on any atom is -0.480 e. The number of carboxylic acids is 1. The number of hydrogen-bond donors (Lipinski definition) is 2. The van der Waals surface area contributed by atoms with Crippen molar-refractivity contribution in [2.45, 2.75) is 24.9 Å². The number of sulfonamides is 1. The van der Waals surface area contributed by atoms with Crippen LogP contribution in [0.25, 0.3) is 11.1 Å². The average molecular weight is 532 g/mol. The van der Waals surface area contributed by atoms with E-state index in [-0.39, 0.29) is 24.5 Å². The van der Waals surface area contributed by atoms with Crippen LogP contribution in [0.2, 0.25) is 0 Å². The lowest BCUT2D eigenvalue weighted by molar-refractivity contribution is -0.134. The number of carboxylic acid groups (broad SMARTS) is 1. The number of carbonyl (C=O) groups is 1. The Kier molecular flexibility index (Phi) is 8.36. The Morgan fingerprint density at radius 1 is 1.03 bits per heavy atom. The second kappa shape index (κ2) is 11.8. The zero-order valence-electron chi connectivity index (χ0n) is 20.1. The number of pyridine rings is 1. The zero-order chi connectivity index (χ0) is 26.3. The zero-order valence-corrected chi connectivity index (χ0v) is 21.7. The molecule has 2 N–H and O–H groups in total. The van der Waals surface area contributed by atoms with Gasteiger partial charge in [0, 0.05) is 17.5 Å². The lowest BCUT2D eigenvalue weighted by Gasteiger charge is -2.22. The summed E-state index contributed by atoms with van der Waals surface area (Å²) >= 11 is 1.32. The quantitative estimate of drug-likeness (QED) is 0.277. The smallest absolute Gasteiger partial charge is 0.322 e. The molecule has 0 saturated heterocycles. The van der Waals surface area contributed by atoms with Crippen molar-refractivity contribution < 1.29 is 18.3 Å². The summed E-state index contributed by atoms with van der Waals surface area (Å²) in [5.74, 6) is 5.33. The lowest BCUT2D eigenvalue weighted by atomic mass is 10.0. The van der Waals surface area contributed by atoms with E-state index in [0.717, 1.165) is 22.3 Å². The number of nitrogens with zero attached hydrogens (tertiary/aromatic N) is 2. The fourth-order valence-corrected chi connectivity index (χ4v) is 6.13. The van der Waals surface area contributed by atoms with Gasteiger partial charge in [0.1, 0.15) is 12.4 Å². The van der Waals surface area contributed by atoms with Crippen LogP contribution in [-0.4, -0.2) is 35.3 Å². The normalized spacial score (nSPS) is 11.1. The van der Waals surface area contributed by atoms with Crippen LogP contribution in [0.4, 0.5) is 5.82 Å². The van der Waals surface area contributed by atoms with Crippen molar-refractivity contribution in [1.82, 2.24) is 9.29 Å². The van der Waals surface area contributed by atoms with Crippen LogP contribution in [0.15, 0.2) is 88.5 Å². The van der Waals surface area contributed by atoms with Crippen molar-refractivity contribution in [1.29, 1.82) is 0 Å². The fourth-order valence-electron chi connectivity index (χ4n) is 3.71. The van der Waals surface area contributed by atoms with Gasteiger partial charge < -0.3 is 10.4 Å². The number of hydrogen-bond acceptors (Lipinski definition) is 6. The van der Waals surface area contributed by atoms with Crippen LogP contribution in [0, 0.1) is 11.8 Å². The Labute approximate surface area is 220 Å². The molecule has 37 heavy (non-hydrogen) atoms. The number of aliphatic carboxylic acids is 1. The van der Waals surface area contributed by atoms with Gasteiger partial charge in [-0.3, -0.25) is 4.79 Å². The number of benzene rings is 2. The van der Waals surface area contributed by atoms with Crippen molar-refractivity contribution in [2.24, 2.45) is 0 Å². The SMILES string of the molecule is CC#Cc1cccc(-c2ccc(CN(Cc3cccc(NCC(=O)O)n3)S(=O)(=O)c3ccsc3)cc2)c1. The molecule has 4 rings (SSSR count). The van der Waals surface area contributed by atoms with Gasteiger partial charge >= 0.3 is 5.97 Å². The summed E-state index contributed by atoms with van der Waals surface area (Å²) in [6.07, 6.45) is 0. The van der Waals surface area contributed by atoms with Gasteiger partial charge in [-0.05, 0) is 59.3 Å². The first kappa shape index (κ1) is 26.1. The van der Waals surface area contributed by atoms with Gasteiger partial charge in [-0.15, -0.1) is 5.92 Å². The molecule has 0 aliphatic heterocycles. The molecule has 0 unspecified atom stereocenters. The van der Waals surface area contributed by atoms with Crippen molar-refractivity contribution in [3.05, 3.63) is 100 Å². The monoisotopic (exact) mass is 531 g/mol. The topological polar surface area (TPSA) is 99.6 Å². The number of anilines is 1. The third-order valence-electron chi connectivity index (χ3n) is 5.48. The number of thiophene rings is 1. The van der Waals surface area contributed by atoms with E-state index in [9.17, 15) is 13.2 Å². The highest BCUT2D eigenvalue weighted by molar-refractivity contribution is 7.89. The van der Waals surface area contributed by atoms with Crippen LogP contribution < -0.4 is 5.32 Å². The minimum atomic E-state index is -3.79. The summed E-state index contributed by atoms with van der Waals surface area (Å²) in [5.41, 5.74) is 4.30. The first-order chi connectivity index (χ1) is 17.8. The Hall–Kier alpha value is -3.97. The van der Waals surface area contributed by atoms with Gasteiger partial charge in [0.15, 0.2) is 0 Å². The molecule has 2 heterocycles. The molecule has 4 aromatic rings. The predicted molar refractivity (Wildman–Crippen MR) is 146 cm³/mol. The summed E-state index contributed by atoms with van der Waals surface area (Å²) < 4.78 is 28.4. The van der Waals surface area contributed by atoms with Crippen LogP contribution >= 0.6 is 11.3 Å². The summed E-state index contributed by atoms with van der Waals surface area (Å²) in [6, 6.07) is 22.4. The van der Waals surface area contributed by atoms with Crippen LogP contribution in [0.1, 0.15) is 23.7 Å². The molecule has 2 aromatic heterocycles. The van der Waals surface area contributed by atoms with E-state index in [1.807, 2.05) is 48.5 Å². The summed E-state index contributed by atoms with van der Waals surface area (Å²) in [4.78, 5) is 15.5. The number of aromatic nitrogens is 1. The largest absolute Gasteiger partial charge is 0.480 e. The fraction of sp³-hybridized carbons (Fsp3) is 0.143. The molecule has 0 aliphatic carbocycles. The highest BCUT2D eigenvalue weighted by Crippen LogP contribution is 2.25. The molecule has 0 saturated carbocycles. The Balaban J connectivity index is 1.59. The average Bonchev–Trinajstić information content (AvgIpc) is 3.44. The standard InChI is InChI=1S/C28H25N3O4S2/c1-2-5-21-6-3-7-24(16-21)23-12-10-22(11-13-23)18-31(37(34,35)26-14-15-36-20-26)19-25-8-4-9-27(30-25)29-17-28(32)33/h3-4,6-16,20H,17-19H2,1H3,(H,29,30)(H,32,33). The molecule has 0 amide bonds. The summed E-state index contributed by atoms with van der Waals surface area (Å²) in [5, 5.41) is 15.0. The van der Waals surface area contributed by atoms with Crippen LogP contribution in [0.5, 0.6) is 0 Å². The van der Waals surface area contributed by atoms with Crippen molar-refractivity contribution in [3.8, 4) is 23.0 Å². The van der Waals surface area contributed by atoms with Crippen molar-refractivity contribution in [2.75, 3.05) is 11.9 Å². The molecule has 0 fully saturated rings. The third kappa shape index (κ3) is 6.83. The number of nitrogens with one attached hydrogen (secondary N) is 1. The van der Waals surface area contributed by atoms with Gasteiger partial charge in [-0.25, -0.2) is 13.4 Å². The lowest BCUT2D eigenvalue weighted by Crippen LogP contribution is -2.30. The highest BCUT2D eigenvalue weighted by atomic mass is 32.2. The van der Waals surface area contributed by atoms with E-state index in [2.05, 4.69) is 22.1 Å². The van der Waals surface area contributed by atoms with E-state index in [0.29, 0.717) is 11.5 Å². The van der Waals surface area contributed by atoms with Gasteiger partial charge in [-0.1, -0.05) is 48.4 Å². The van der Waals surface area contributed by atoms with Gasteiger partial charge in [0.05, 0.1) is 17.1 Å². The highest BCUT2D eigenvalue weighted by Gasteiger charge is 2.26. The first-order valence-electron chi connectivity index (χ1n) is 11.4. The minimum absolute atomic E-state index is 0.0280. The Morgan fingerprint density at radius 2 is 1.81 bits per heavy atom. The second-order valence-corrected chi connectivity index (χ2v) is 10.9.